The lowest BCUT2D eigenvalue weighted by atomic mass is 9.99. The van der Waals surface area contributed by atoms with Gasteiger partial charge in [-0.05, 0) is 70.2 Å². The number of unbranched alkanes of at least 4 members (excludes halogenated alkanes) is 2. The van der Waals surface area contributed by atoms with E-state index in [1.54, 1.807) is 0 Å². The molecule has 41 heavy (non-hydrogen) atoms. The van der Waals surface area contributed by atoms with E-state index >= 15 is 0 Å². The van der Waals surface area contributed by atoms with E-state index in [1.807, 2.05) is 0 Å². The maximum absolute atomic E-state index is 5.25. The third-order valence-electron chi connectivity index (χ3n) is 8.65. The molecule has 0 N–H and O–H groups in total. The van der Waals surface area contributed by atoms with E-state index in [9.17, 15) is 0 Å². The van der Waals surface area contributed by atoms with Gasteiger partial charge in [-0.25, -0.2) is 4.98 Å². The third kappa shape index (κ3) is 4.61. The van der Waals surface area contributed by atoms with Crippen LogP contribution in [0.25, 0.3) is 45.0 Å². The number of fused-ring (bicyclic) bond motifs is 6. The first-order chi connectivity index (χ1) is 20.2. The number of hydrogen-bond acceptors (Lipinski definition) is 4. The highest BCUT2D eigenvalue weighted by atomic mass is 15.3. The van der Waals surface area contributed by atoms with Crippen LogP contribution in [0.2, 0.25) is 0 Å². The first-order valence-electron chi connectivity index (χ1n) is 15.2. The predicted molar refractivity (Wildman–Crippen MR) is 169 cm³/mol. The SMILES string of the molecule is CCCCN(CCCC)c1nc(-c2cccc3c2Cc2ccccc2-3)nc(-c2cccc3c2Cc2ccccc2-3)n1. The van der Waals surface area contributed by atoms with E-state index in [1.165, 1.54) is 44.5 Å². The van der Waals surface area contributed by atoms with E-state index in [0.717, 1.165) is 80.3 Å². The number of nitrogens with zero attached hydrogens (tertiary/aromatic N) is 4. The van der Waals surface area contributed by atoms with Crippen LogP contribution in [0.4, 0.5) is 5.95 Å². The van der Waals surface area contributed by atoms with Crippen molar-refractivity contribution in [3.05, 3.63) is 107 Å². The predicted octanol–water partition coefficient (Wildman–Crippen LogP) is 8.75. The second kappa shape index (κ2) is 10.9. The number of aromatic nitrogens is 3. The van der Waals surface area contributed by atoms with Crippen molar-refractivity contribution < 1.29 is 0 Å². The summed E-state index contributed by atoms with van der Waals surface area (Å²) in [6.07, 6.45) is 6.33. The highest BCUT2D eigenvalue weighted by molar-refractivity contribution is 5.85. The summed E-state index contributed by atoms with van der Waals surface area (Å²) in [5.41, 5.74) is 12.8. The second-order valence-electron chi connectivity index (χ2n) is 11.3. The average Bonchev–Trinajstić information content (AvgIpc) is 3.59. The molecule has 0 spiro atoms. The van der Waals surface area contributed by atoms with E-state index in [-0.39, 0.29) is 0 Å². The lowest BCUT2D eigenvalue weighted by Crippen LogP contribution is -2.28. The molecule has 0 radical (unpaired) electrons. The topological polar surface area (TPSA) is 41.9 Å². The molecule has 0 fully saturated rings. The molecule has 1 heterocycles. The fourth-order valence-electron chi connectivity index (χ4n) is 6.49. The molecule has 0 amide bonds. The quantitative estimate of drug-likeness (QED) is 0.185. The van der Waals surface area contributed by atoms with Gasteiger partial charge < -0.3 is 4.90 Å². The minimum absolute atomic E-state index is 0.778. The molecule has 4 aromatic carbocycles. The molecule has 1 aromatic heterocycles. The van der Waals surface area contributed by atoms with Crippen LogP contribution < -0.4 is 4.90 Å². The summed E-state index contributed by atoms with van der Waals surface area (Å²) >= 11 is 0. The molecule has 204 valence electrons. The maximum Gasteiger partial charge on any atom is 0.229 e. The van der Waals surface area contributed by atoms with Crippen molar-refractivity contribution in [2.45, 2.75) is 52.4 Å². The monoisotopic (exact) mass is 536 g/mol. The summed E-state index contributed by atoms with van der Waals surface area (Å²) in [5, 5.41) is 0. The molecule has 0 bridgehead atoms. The second-order valence-corrected chi connectivity index (χ2v) is 11.3. The van der Waals surface area contributed by atoms with Gasteiger partial charge in [-0.2, -0.15) is 9.97 Å². The van der Waals surface area contributed by atoms with Gasteiger partial charge in [0.2, 0.25) is 5.95 Å². The van der Waals surface area contributed by atoms with Crippen LogP contribution in [0, 0.1) is 0 Å². The highest BCUT2D eigenvalue weighted by Crippen LogP contribution is 2.43. The highest BCUT2D eigenvalue weighted by Gasteiger charge is 2.26. The Labute approximate surface area is 243 Å². The van der Waals surface area contributed by atoms with Gasteiger partial charge in [-0.1, -0.05) is 112 Å². The minimum Gasteiger partial charge on any atom is -0.341 e. The van der Waals surface area contributed by atoms with E-state index < -0.39 is 0 Å². The molecule has 5 aromatic rings. The molecule has 4 heteroatoms. The van der Waals surface area contributed by atoms with Crippen molar-refractivity contribution in [2.24, 2.45) is 0 Å². The summed E-state index contributed by atoms with van der Waals surface area (Å²) in [7, 11) is 0. The molecule has 0 aliphatic heterocycles. The Kier molecular flexibility index (Phi) is 6.84. The first-order valence-corrected chi connectivity index (χ1v) is 15.2. The number of hydrogen-bond donors (Lipinski definition) is 0. The Bertz CT molecular complexity index is 1610. The summed E-state index contributed by atoms with van der Waals surface area (Å²) in [5.74, 6) is 2.36. The maximum atomic E-state index is 5.25. The molecule has 0 saturated heterocycles. The molecular formula is C37H36N4. The van der Waals surface area contributed by atoms with Crippen LogP contribution in [0.15, 0.2) is 84.9 Å². The van der Waals surface area contributed by atoms with Gasteiger partial charge >= 0.3 is 0 Å². The average molecular weight is 537 g/mol. The Hall–Kier alpha value is -4.31. The van der Waals surface area contributed by atoms with Crippen LogP contribution in [0.3, 0.4) is 0 Å². The number of benzene rings is 4. The lowest BCUT2D eigenvalue weighted by molar-refractivity contribution is 0.662. The normalized spacial score (nSPS) is 12.5. The molecule has 0 saturated carbocycles. The number of rotatable bonds is 9. The molecule has 2 aliphatic rings. The molecule has 2 aliphatic carbocycles. The molecule has 0 atom stereocenters. The standard InChI is InChI=1S/C37H36N4/c1-3-5-21-41(22-6-4-2)37-39-35(31-19-11-17-29-27-15-9-7-13-25(27)23-33(29)31)38-36(40-37)32-20-12-18-30-28-16-10-8-14-26(28)24-34(30)32/h7-20H,3-6,21-24H2,1-2H3. The van der Waals surface area contributed by atoms with E-state index in [2.05, 4.69) is 104 Å². The Balaban J connectivity index is 1.40. The van der Waals surface area contributed by atoms with Crippen molar-refractivity contribution in [2.75, 3.05) is 18.0 Å². The van der Waals surface area contributed by atoms with Gasteiger partial charge in [0.1, 0.15) is 0 Å². The van der Waals surface area contributed by atoms with Gasteiger partial charge in [0.15, 0.2) is 11.6 Å². The lowest BCUT2D eigenvalue weighted by Gasteiger charge is -2.23. The zero-order chi connectivity index (χ0) is 27.8. The van der Waals surface area contributed by atoms with Gasteiger partial charge in [-0.3, -0.25) is 0 Å². The van der Waals surface area contributed by atoms with Crippen LogP contribution in [-0.2, 0) is 12.8 Å². The van der Waals surface area contributed by atoms with Gasteiger partial charge in [0.05, 0.1) is 0 Å². The van der Waals surface area contributed by atoms with E-state index in [4.69, 9.17) is 15.0 Å². The van der Waals surface area contributed by atoms with Crippen LogP contribution in [0.5, 0.6) is 0 Å². The summed E-state index contributed by atoms with van der Waals surface area (Å²) in [6.45, 7) is 6.41. The third-order valence-corrected chi connectivity index (χ3v) is 8.65. The van der Waals surface area contributed by atoms with Crippen molar-refractivity contribution in [3.63, 3.8) is 0 Å². The zero-order valence-electron chi connectivity index (χ0n) is 24.0. The summed E-state index contributed by atoms with van der Waals surface area (Å²) in [4.78, 5) is 18.1. The Morgan fingerprint density at radius 1 is 0.512 bits per heavy atom. The van der Waals surface area contributed by atoms with Crippen LogP contribution >= 0.6 is 0 Å². The van der Waals surface area contributed by atoms with Crippen LogP contribution in [-0.4, -0.2) is 28.0 Å². The Morgan fingerprint density at radius 2 is 0.951 bits per heavy atom. The molecule has 7 rings (SSSR count). The first kappa shape index (κ1) is 25.6. The minimum atomic E-state index is 0.778. The summed E-state index contributed by atoms with van der Waals surface area (Å²) in [6, 6.07) is 30.7. The largest absolute Gasteiger partial charge is 0.341 e. The molecule has 4 nitrogen and oxygen atoms in total. The van der Waals surface area contributed by atoms with Crippen molar-refractivity contribution in [1.29, 1.82) is 0 Å². The van der Waals surface area contributed by atoms with Gasteiger partial charge in [0, 0.05) is 24.2 Å². The number of anilines is 1. The van der Waals surface area contributed by atoms with Crippen LogP contribution in [0.1, 0.15) is 61.8 Å². The van der Waals surface area contributed by atoms with Crippen molar-refractivity contribution >= 4 is 5.95 Å². The Morgan fingerprint density at radius 3 is 1.44 bits per heavy atom. The van der Waals surface area contributed by atoms with E-state index in [0.29, 0.717) is 0 Å². The van der Waals surface area contributed by atoms with Gasteiger partial charge in [0.25, 0.3) is 0 Å². The van der Waals surface area contributed by atoms with Crippen molar-refractivity contribution in [3.8, 4) is 45.0 Å². The molecule has 0 unspecified atom stereocenters. The van der Waals surface area contributed by atoms with Gasteiger partial charge in [-0.15, -0.1) is 0 Å². The fourth-order valence-corrected chi connectivity index (χ4v) is 6.49. The summed E-state index contributed by atoms with van der Waals surface area (Å²) < 4.78 is 0. The fraction of sp³-hybridized carbons (Fsp3) is 0.270. The smallest absolute Gasteiger partial charge is 0.229 e. The van der Waals surface area contributed by atoms with Crippen molar-refractivity contribution in [1.82, 2.24) is 15.0 Å². The zero-order valence-corrected chi connectivity index (χ0v) is 24.0. The molecular weight excluding hydrogens is 500 g/mol.